The summed E-state index contributed by atoms with van der Waals surface area (Å²) in [7, 11) is 0. The summed E-state index contributed by atoms with van der Waals surface area (Å²) in [5, 5.41) is 11.6. The van der Waals surface area contributed by atoms with Crippen molar-refractivity contribution in [2.45, 2.75) is 26.5 Å². The van der Waals surface area contributed by atoms with E-state index in [1.165, 1.54) is 34.1 Å². The number of hydrogen-bond donors (Lipinski definition) is 0. The number of furan rings is 1. The van der Waals surface area contributed by atoms with Crippen LogP contribution >= 0.6 is 22.9 Å². The number of nitro benzene ring substituents is 1. The Morgan fingerprint density at radius 2 is 1.91 bits per heavy atom. The van der Waals surface area contributed by atoms with E-state index >= 15 is 0 Å². The Bertz CT molecular complexity index is 2180. The zero-order valence-corrected chi connectivity index (χ0v) is 26.2. The molecule has 6 rings (SSSR count). The van der Waals surface area contributed by atoms with Gasteiger partial charge in [0.05, 0.1) is 32.4 Å². The number of nitrogens with zero attached hydrogens (tertiary/aromatic N) is 3. The van der Waals surface area contributed by atoms with Crippen LogP contribution in [0, 0.1) is 10.1 Å². The van der Waals surface area contributed by atoms with Crippen LogP contribution in [0.25, 0.3) is 17.4 Å². The van der Waals surface area contributed by atoms with Gasteiger partial charge in [0.15, 0.2) is 4.80 Å². The third-order valence-corrected chi connectivity index (χ3v) is 8.56. The highest BCUT2D eigenvalue weighted by Crippen LogP contribution is 2.37. The normalized spacial score (nSPS) is 14.5. The number of nitro groups is 1. The summed E-state index contributed by atoms with van der Waals surface area (Å²) in [4.78, 5) is 43.1. The third-order valence-electron chi connectivity index (χ3n) is 7.24. The second-order valence-electron chi connectivity index (χ2n) is 10.3. The Morgan fingerprint density at radius 1 is 1.11 bits per heavy atom. The van der Waals surface area contributed by atoms with Crippen LogP contribution in [0.15, 0.2) is 110 Å². The number of fused-ring (bicyclic) bond motifs is 1. The summed E-state index contributed by atoms with van der Waals surface area (Å²) in [6, 6.07) is 23.4. The van der Waals surface area contributed by atoms with Crippen LogP contribution in [0.2, 0.25) is 5.02 Å². The smallest absolute Gasteiger partial charge is 0.338 e. The fourth-order valence-electron chi connectivity index (χ4n) is 5.11. The standard InChI is InChI=1S/C34H26ClN3O7S/c1-3-43-33(40)30-20(2)36-34-37(31(30)28-15-14-27(45-28)25-18-23(38(41)42)12-13-26(25)35)32(39)29(46-34)17-22-10-7-11-24(16-22)44-19-21-8-5-4-6-9-21/h4-18,31H,3,19H2,1-2H3/b29-17-/t31-/m1/s1. The van der Waals surface area contributed by atoms with Gasteiger partial charge in [-0.2, -0.15) is 0 Å². The molecule has 0 unspecified atom stereocenters. The lowest BCUT2D eigenvalue weighted by atomic mass is 10.0. The minimum absolute atomic E-state index is 0.113. The lowest BCUT2D eigenvalue weighted by molar-refractivity contribution is -0.384. The topological polar surface area (TPSA) is 126 Å². The van der Waals surface area contributed by atoms with Crippen molar-refractivity contribution < 1.29 is 23.6 Å². The molecule has 3 heterocycles. The minimum atomic E-state index is -1.01. The van der Waals surface area contributed by atoms with Crippen molar-refractivity contribution in [1.82, 2.24) is 4.57 Å². The maximum absolute atomic E-state index is 14.0. The van der Waals surface area contributed by atoms with Crippen molar-refractivity contribution in [3.05, 3.63) is 148 Å². The SMILES string of the molecule is CCOC(=O)C1=C(C)N=c2s/c(=C\c3cccc(OCc4ccccc4)c3)c(=O)n2[C@@H]1c1ccc(-c2cc([N+](=O)[O-])ccc2Cl)o1. The molecule has 12 heteroatoms. The fourth-order valence-corrected chi connectivity index (χ4v) is 6.36. The van der Waals surface area contributed by atoms with Crippen LogP contribution in [0.3, 0.4) is 0 Å². The monoisotopic (exact) mass is 655 g/mol. The largest absolute Gasteiger partial charge is 0.489 e. The Hall–Kier alpha value is -5.26. The molecule has 0 bridgehead atoms. The Balaban J connectivity index is 1.42. The molecule has 0 saturated carbocycles. The van der Waals surface area contributed by atoms with Gasteiger partial charge >= 0.3 is 5.97 Å². The van der Waals surface area contributed by atoms with Gasteiger partial charge in [-0.05, 0) is 61.4 Å². The molecule has 0 radical (unpaired) electrons. The predicted molar refractivity (Wildman–Crippen MR) is 173 cm³/mol. The Labute approximate surface area is 271 Å². The summed E-state index contributed by atoms with van der Waals surface area (Å²) < 4.78 is 19.3. The molecule has 1 atom stereocenters. The van der Waals surface area contributed by atoms with E-state index in [1.54, 1.807) is 32.1 Å². The second kappa shape index (κ2) is 13.0. The van der Waals surface area contributed by atoms with E-state index in [0.29, 0.717) is 33.0 Å². The molecule has 0 spiro atoms. The van der Waals surface area contributed by atoms with E-state index in [0.717, 1.165) is 11.1 Å². The van der Waals surface area contributed by atoms with Gasteiger partial charge in [0.1, 0.15) is 29.9 Å². The molecular formula is C34H26ClN3O7S. The second-order valence-corrected chi connectivity index (χ2v) is 11.7. The summed E-state index contributed by atoms with van der Waals surface area (Å²) in [6.07, 6.45) is 1.75. The molecule has 0 saturated heterocycles. The fraction of sp³-hybridized carbons (Fsp3) is 0.147. The summed E-state index contributed by atoms with van der Waals surface area (Å²) in [5.41, 5.74) is 2.04. The van der Waals surface area contributed by atoms with Gasteiger partial charge < -0.3 is 13.9 Å². The number of allylic oxidation sites excluding steroid dienone is 1. The van der Waals surface area contributed by atoms with E-state index < -0.39 is 16.9 Å². The average Bonchev–Trinajstić information content (AvgIpc) is 3.65. The first-order chi connectivity index (χ1) is 22.2. The predicted octanol–water partition coefficient (Wildman–Crippen LogP) is 6.20. The first-order valence-electron chi connectivity index (χ1n) is 14.2. The van der Waals surface area contributed by atoms with Crippen LogP contribution in [-0.4, -0.2) is 22.1 Å². The number of rotatable bonds is 9. The maximum Gasteiger partial charge on any atom is 0.338 e. The number of non-ortho nitro benzene ring substituents is 1. The highest BCUT2D eigenvalue weighted by Gasteiger charge is 2.35. The van der Waals surface area contributed by atoms with Crippen LogP contribution in [-0.2, 0) is 16.1 Å². The van der Waals surface area contributed by atoms with Gasteiger partial charge in [-0.15, -0.1) is 0 Å². The van der Waals surface area contributed by atoms with Crippen molar-refractivity contribution in [3.8, 4) is 17.1 Å². The van der Waals surface area contributed by atoms with Gasteiger partial charge in [-0.3, -0.25) is 19.5 Å². The van der Waals surface area contributed by atoms with Crippen molar-refractivity contribution in [3.63, 3.8) is 0 Å². The number of carbonyl (C=O) groups is 1. The first-order valence-corrected chi connectivity index (χ1v) is 15.4. The number of halogens is 1. The Morgan fingerprint density at radius 3 is 2.67 bits per heavy atom. The van der Waals surface area contributed by atoms with E-state index in [4.69, 9.17) is 25.5 Å². The zero-order chi connectivity index (χ0) is 32.4. The van der Waals surface area contributed by atoms with Gasteiger partial charge in [0.2, 0.25) is 0 Å². The van der Waals surface area contributed by atoms with E-state index in [9.17, 15) is 19.7 Å². The molecule has 0 fully saturated rings. The summed E-state index contributed by atoms with van der Waals surface area (Å²) in [6.45, 7) is 3.87. The van der Waals surface area contributed by atoms with Crippen molar-refractivity contribution in [1.29, 1.82) is 0 Å². The van der Waals surface area contributed by atoms with E-state index in [-0.39, 0.29) is 40.0 Å². The first kappa shape index (κ1) is 30.8. The molecule has 0 amide bonds. The molecule has 1 aliphatic heterocycles. The zero-order valence-electron chi connectivity index (χ0n) is 24.6. The number of aromatic nitrogens is 1. The minimum Gasteiger partial charge on any atom is -0.489 e. The maximum atomic E-state index is 14.0. The lowest BCUT2D eigenvalue weighted by Gasteiger charge is -2.22. The average molecular weight is 656 g/mol. The summed E-state index contributed by atoms with van der Waals surface area (Å²) >= 11 is 7.55. The van der Waals surface area contributed by atoms with Gasteiger partial charge in [-0.25, -0.2) is 9.79 Å². The highest BCUT2D eigenvalue weighted by atomic mass is 35.5. The van der Waals surface area contributed by atoms with Gasteiger partial charge in [0.25, 0.3) is 11.2 Å². The molecular weight excluding hydrogens is 630 g/mol. The molecule has 0 aliphatic carbocycles. The van der Waals surface area contributed by atoms with Crippen LogP contribution in [0.1, 0.15) is 36.8 Å². The van der Waals surface area contributed by atoms with Crippen LogP contribution < -0.4 is 19.6 Å². The van der Waals surface area contributed by atoms with Crippen LogP contribution in [0.4, 0.5) is 5.69 Å². The molecule has 3 aromatic carbocycles. The summed E-state index contributed by atoms with van der Waals surface area (Å²) in [5.74, 6) is 0.471. The molecule has 5 aromatic rings. The molecule has 0 N–H and O–H groups in total. The number of hydrogen-bond acceptors (Lipinski definition) is 9. The lowest BCUT2D eigenvalue weighted by Crippen LogP contribution is -2.39. The van der Waals surface area contributed by atoms with Crippen molar-refractivity contribution in [2.24, 2.45) is 4.99 Å². The van der Waals surface area contributed by atoms with E-state index in [1.807, 2.05) is 54.6 Å². The molecule has 1 aliphatic rings. The number of ether oxygens (including phenoxy) is 2. The van der Waals surface area contributed by atoms with Crippen molar-refractivity contribution >= 4 is 40.7 Å². The number of carbonyl (C=O) groups excluding carboxylic acids is 1. The number of esters is 1. The Kier molecular flexibility index (Phi) is 8.69. The van der Waals surface area contributed by atoms with Crippen LogP contribution in [0.5, 0.6) is 5.75 Å². The molecule has 10 nitrogen and oxygen atoms in total. The molecule has 2 aromatic heterocycles. The molecule has 46 heavy (non-hydrogen) atoms. The van der Waals surface area contributed by atoms with Crippen molar-refractivity contribution in [2.75, 3.05) is 6.61 Å². The molecule has 232 valence electrons. The highest BCUT2D eigenvalue weighted by molar-refractivity contribution is 7.07. The van der Waals surface area contributed by atoms with Gasteiger partial charge in [-0.1, -0.05) is 65.4 Å². The third kappa shape index (κ3) is 6.15. The number of thiazole rings is 1. The van der Waals surface area contributed by atoms with Gasteiger partial charge in [0, 0.05) is 17.7 Å². The van der Waals surface area contributed by atoms with E-state index in [2.05, 4.69) is 4.99 Å². The number of benzene rings is 3. The quantitative estimate of drug-likeness (QED) is 0.105.